The van der Waals surface area contributed by atoms with Crippen LogP contribution >= 0.6 is 0 Å². The van der Waals surface area contributed by atoms with Crippen LogP contribution in [0.5, 0.6) is 0 Å². The Morgan fingerprint density at radius 2 is 0.893 bits per heavy atom. The van der Waals surface area contributed by atoms with E-state index in [1.807, 2.05) is 78.9 Å². The zero-order chi connectivity index (χ0) is 19.4. The molecule has 0 unspecified atom stereocenters. The third kappa shape index (κ3) is 5.93. The topological polar surface area (TPSA) is 17.1 Å². The molecule has 4 aromatic carbocycles. The Hall–Kier alpha value is -3.71. The minimum Gasteiger partial charge on any atom is -0.289 e. The van der Waals surface area contributed by atoms with Crippen molar-refractivity contribution in [3.8, 4) is 11.1 Å². The highest BCUT2D eigenvalue weighted by atomic mass is 16.1. The van der Waals surface area contributed by atoms with Gasteiger partial charge in [-0.05, 0) is 22.8 Å². The van der Waals surface area contributed by atoms with E-state index in [0.29, 0.717) is 0 Å². The fourth-order valence-electron chi connectivity index (χ4n) is 2.70. The minimum absolute atomic E-state index is 0.0319. The van der Waals surface area contributed by atoms with Crippen molar-refractivity contribution in [1.29, 1.82) is 0 Å². The number of benzene rings is 4. The van der Waals surface area contributed by atoms with Gasteiger partial charge in [0.2, 0.25) is 0 Å². The molecule has 0 heterocycles. The van der Waals surface area contributed by atoms with E-state index in [1.165, 1.54) is 11.1 Å². The van der Waals surface area contributed by atoms with Crippen LogP contribution in [0, 0.1) is 0 Å². The Balaban J connectivity index is 0.000000167. The first-order valence-electron chi connectivity index (χ1n) is 9.26. The lowest BCUT2D eigenvalue weighted by Gasteiger charge is -1.98. The number of carbonyl (C=O) groups excluding carboxylic acids is 1. The highest BCUT2D eigenvalue weighted by Crippen LogP contribution is 2.17. The van der Waals surface area contributed by atoms with Crippen LogP contribution in [0.3, 0.4) is 0 Å². The number of rotatable bonds is 4. The summed E-state index contributed by atoms with van der Waals surface area (Å²) in [6.45, 7) is 0. The SMILES string of the molecule is O=C(/C=C/c1ccccc1)c1ccccc1.c1ccc(-c2ccccc2)cc1. The van der Waals surface area contributed by atoms with Gasteiger partial charge in [-0.25, -0.2) is 0 Å². The van der Waals surface area contributed by atoms with Crippen LogP contribution in [0.1, 0.15) is 15.9 Å². The highest BCUT2D eigenvalue weighted by molar-refractivity contribution is 6.06. The Kier molecular flexibility index (Phi) is 7.11. The van der Waals surface area contributed by atoms with Gasteiger partial charge in [-0.15, -0.1) is 0 Å². The van der Waals surface area contributed by atoms with E-state index in [2.05, 4.69) is 48.5 Å². The smallest absolute Gasteiger partial charge is 0.185 e. The summed E-state index contributed by atoms with van der Waals surface area (Å²) in [6, 6.07) is 39.8. The average Bonchev–Trinajstić information content (AvgIpc) is 2.80. The Morgan fingerprint density at radius 3 is 1.36 bits per heavy atom. The molecule has 0 aliphatic carbocycles. The molecule has 4 aromatic rings. The zero-order valence-electron chi connectivity index (χ0n) is 15.6. The van der Waals surface area contributed by atoms with Crippen molar-refractivity contribution in [1.82, 2.24) is 0 Å². The van der Waals surface area contributed by atoms with Gasteiger partial charge in [0, 0.05) is 5.56 Å². The third-order valence-electron chi connectivity index (χ3n) is 4.17. The summed E-state index contributed by atoms with van der Waals surface area (Å²) >= 11 is 0. The first kappa shape index (κ1) is 19.1. The normalized spacial score (nSPS) is 10.1. The van der Waals surface area contributed by atoms with Crippen LogP contribution in [0.15, 0.2) is 127 Å². The standard InChI is InChI=1S/C15H12O.C12H10/c16-15(14-9-5-2-6-10-14)12-11-13-7-3-1-4-8-13;1-3-7-11(8-4-1)12-9-5-2-6-10-12/h1-12H;1-10H/b12-11+;. The van der Waals surface area contributed by atoms with E-state index in [9.17, 15) is 4.79 Å². The highest BCUT2D eigenvalue weighted by Gasteiger charge is 1.98. The summed E-state index contributed by atoms with van der Waals surface area (Å²) < 4.78 is 0. The summed E-state index contributed by atoms with van der Waals surface area (Å²) in [7, 11) is 0. The van der Waals surface area contributed by atoms with Crippen LogP contribution in [0.4, 0.5) is 0 Å². The molecule has 0 aliphatic rings. The quantitative estimate of drug-likeness (QED) is 0.284. The molecule has 0 saturated heterocycles. The van der Waals surface area contributed by atoms with Crippen molar-refractivity contribution in [2.75, 3.05) is 0 Å². The number of allylic oxidation sites excluding steroid dienone is 1. The lowest BCUT2D eigenvalue weighted by molar-refractivity contribution is 0.104. The fraction of sp³-hybridized carbons (Fsp3) is 0. The number of carbonyl (C=O) groups is 1. The summed E-state index contributed by atoms with van der Waals surface area (Å²) in [5.74, 6) is 0.0319. The van der Waals surface area contributed by atoms with Crippen molar-refractivity contribution in [2.24, 2.45) is 0 Å². The van der Waals surface area contributed by atoms with Crippen molar-refractivity contribution in [3.05, 3.63) is 139 Å². The van der Waals surface area contributed by atoms with E-state index in [4.69, 9.17) is 0 Å². The van der Waals surface area contributed by atoms with Gasteiger partial charge in [-0.3, -0.25) is 4.79 Å². The molecule has 136 valence electrons. The van der Waals surface area contributed by atoms with E-state index in [0.717, 1.165) is 11.1 Å². The number of hydrogen-bond acceptors (Lipinski definition) is 1. The molecule has 0 bridgehead atoms. The van der Waals surface area contributed by atoms with Crippen molar-refractivity contribution in [3.63, 3.8) is 0 Å². The van der Waals surface area contributed by atoms with Crippen LogP contribution in [0.25, 0.3) is 17.2 Å². The van der Waals surface area contributed by atoms with Gasteiger partial charge in [0.25, 0.3) is 0 Å². The fourth-order valence-corrected chi connectivity index (χ4v) is 2.70. The largest absolute Gasteiger partial charge is 0.289 e. The van der Waals surface area contributed by atoms with Gasteiger partial charge in [0.15, 0.2) is 5.78 Å². The maximum absolute atomic E-state index is 11.7. The molecule has 0 fully saturated rings. The molecule has 0 radical (unpaired) electrons. The zero-order valence-corrected chi connectivity index (χ0v) is 15.6. The Morgan fingerprint density at radius 1 is 0.500 bits per heavy atom. The second-order valence-corrected chi connectivity index (χ2v) is 6.21. The lowest BCUT2D eigenvalue weighted by Crippen LogP contribution is -1.92. The van der Waals surface area contributed by atoms with E-state index >= 15 is 0 Å². The van der Waals surface area contributed by atoms with Crippen molar-refractivity contribution >= 4 is 11.9 Å². The monoisotopic (exact) mass is 362 g/mol. The van der Waals surface area contributed by atoms with Crippen molar-refractivity contribution in [2.45, 2.75) is 0 Å². The Bertz CT molecular complexity index is 952. The molecule has 0 spiro atoms. The molecular weight excluding hydrogens is 340 g/mol. The molecule has 1 heteroatoms. The van der Waals surface area contributed by atoms with E-state index in [1.54, 1.807) is 6.08 Å². The molecule has 0 aliphatic heterocycles. The van der Waals surface area contributed by atoms with Gasteiger partial charge >= 0.3 is 0 Å². The average molecular weight is 362 g/mol. The molecule has 28 heavy (non-hydrogen) atoms. The van der Waals surface area contributed by atoms with E-state index < -0.39 is 0 Å². The number of hydrogen-bond donors (Lipinski definition) is 0. The van der Waals surface area contributed by atoms with Crippen LogP contribution in [-0.4, -0.2) is 5.78 Å². The second kappa shape index (κ2) is 10.4. The van der Waals surface area contributed by atoms with Crippen LogP contribution in [-0.2, 0) is 0 Å². The predicted octanol–water partition coefficient (Wildman–Crippen LogP) is 6.94. The van der Waals surface area contributed by atoms with Gasteiger partial charge in [-0.1, -0.05) is 127 Å². The Labute approximate surface area is 166 Å². The molecule has 0 amide bonds. The lowest BCUT2D eigenvalue weighted by atomic mass is 10.1. The van der Waals surface area contributed by atoms with Gasteiger partial charge in [0.05, 0.1) is 0 Å². The minimum atomic E-state index is 0.0319. The van der Waals surface area contributed by atoms with Crippen LogP contribution < -0.4 is 0 Å². The summed E-state index contributed by atoms with van der Waals surface area (Å²) in [6.07, 6.45) is 3.43. The summed E-state index contributed by atoms with van der Waals surface area (Å²) in [4.78, 5) is 11.7. The first-order chi connectivity index (χ1) is 13.8. The van der Waals surface area contributed by atoms with Gasteiger partial charge < -0.3 is 0 Å². The first-order valence-corrected chi connectivity index (χ1v) is 9.26. The van der Waals surface area contributed by atoms with Crippen LogP contribution in [0.2, 0.25) is 0 Å². The molecular formula is C27H22O. The van der Waals surface area contributed by atoms with Gasteiger partial charge in [0.1, 0.15) is 0 Å². The summed E-state index contributed by atoms with van der Waals surface area (Å²) in [5.41, 5.74) is 4.30. The maximum atomic E-state index is 11.7. The molecule has 4 rings (SSSR count). The number of ketones is 1. The second-order valence-electron chi connectivity index (χ2n) is 6.21. The molecule has 0 aromatic heterocycles. The molecule has 0 atom stereocenters. The van der Waals surface area contributed by atoms with Gasteiger partial charge in [-0.2, -0.15) is 0 Å². The van der Waals surface area contributed by atoms with E-state index in [-0.39, 0.29) is 5.78 Å². The molecule has 0 saturated carbocycles. The maximum Gasteiger partial charge on any atom is 0.185 e. The molecule has 1 nitrogen and oxygen atoms in total. The third-order valence-corrected chi connectivity index (χ3v) is 4.17. The molecule has 0 N–H and O–H groups in total. The van der Waals surface area contributed by atoms with Crippen molar-refractivity contribution < 1.29 is 4.79 Å². The summed E-state index contributed by atoms with van der Waals surface area (Å²) in [5, 5.41) is 0. The predicted molar refractivity (Wildman–Crippen MR) is 118 cm³/mol.